The van der Waals surface area contributed by atoms with Crippen molar-refractivity contribution in [2.75, 3.05) is 0 Å². The standard InChI is InChI=1S/C15H16N4/c1-10-7-11(2)19(18-10)15-8-12(9-16)17-14-6-4-3-5-13(14)15/h3-8H,9,16H2,1-2H3. The maximum absolute atomic E-state index is 5.74. The number of para-hydroxylation sites is 1. The number of pyridine rings is 1. The van der Waals surface area contributed by atoms with Crippen LogP contribution in [0.25, 0.3) is 16.6 Å². The molecule has 96 valence electrons. The van der Waals surface area contributed by atoms with Crippen LogP contribution in [0.5, 0.6) is 0 Å². The maximum Gasteiger partial charge on any atom is 0.0761 e. The van der Waals surface area contributed by atoms with E-state index in [4.69, 9.17) is 5.73 Å². The van der Waals surface area contributed by atoms with Crippen LogP contribution in [0.1, 0.15) is 17.1 Å². The molecule has 1 aromatic carbocycles. The topological polar surface area (TPSA) is 56.7 Å². The van der Waals surface area contributed by atoms with Crippen molar-refractivity contribution >= 4 is 10.9 Å². The van der Waals surface area contributed by atoms with Crippen molar-refractivity contribution in [3.63, 3.8) is 0 Å². The lowest BCUT2D eigenvalue weighted by atomic mass is 10.1. The van der Waals surface area contributed by atoms with Gasteiger partial charge in [-0.15, -0.1) is 0 Å². The highest BCUT2D eigenvalue weighted by atomic mass is 15.3. The van der Waals surface area contributed by atoms with Gasteiger partial charge in [0.1, 0.15) is 0 Å². The molecule has 3 rings (SSSR count). The Morgan fingerprint density at radius 3 is 2.63 bits per heavy atom. The second kappa shape index (κ2) is 4.48. The van der Waals surface area contributed by atoms with Crippen LogP contribution in [0.2, 0.25) is 0 Å². The molecule has 2 N–H and O–H groups in total. The van der Waals surface area contributed by atoms with Gasteiger partial charge in [0.05, 0.1) is 22.6 Å². The average Bonchev–Trinajstić information content (AvgIpc) is 2.76. The SMILES string of the molecule is Cc1cc(C)n(-c2cc(CN)nc3ccccc23)n1. The lowest BCUT2D eigenvalue weighted by Crippen LogP contribution is -2.05. The Kier molecular flexibility index (Phi) is 2.80. The summed E-state index contributed by atoms with van der Waals surface area (Å²) in [6, 6.07) is 12.2. The summed E-state index contributed by atoms with van der Waals surface area (Å²) in [6.45, 7) is 4.48. The summed E-state index contributed by atoms with van der Waals surface area (Å²) in [7, 11) is 0. The van der Waals surface area contributed by atoms with Gasteiger partial charge in [0, 0.05) is 17.6 Å². The van der Waals surface area contributed by atoms with E-state index < -0.39 is 0 Å². The lowest BCUT2D eigenvalue weighted by Gasteiger charge is -2.10. The van der Waals surface area contributed by atoms with Crippen LogP contribution in [-0.4, -0.2) is 14.8 Å². The van der Waals surface area contributed by atoms with E-state index in [-0.39, 0.29) is 0 Å². The minimum absolute atomic E-state index is 0.428. The van der Waals surface area contributed by atoms with Gasteiger partial charge in [-0.05, 0) is 32.0 Å². The number of nitrogens with zero attached hydrogens (tertiary/aromatic N) is 3. The summed E-state index contributed by atoms with van der Waals surface area (Å²) < 4.78 is 1.96. The number of aromatic nitrogens is 3. The highest BCUT2D eigenvalue weighted by Crippen LogP contribution is 2.23. The zero-order chi connectivity index (χ0) is 13.4. The largest absolute Gasteiger partial charge is 0.325 e. The number of aryl methyl sites for hydroxylation is 2. The molecule has 0 aliphatic heterocycles. The van der Waals surface area contributed by atoms with Gasteiger partial charge in [-0.25, -0.2) is 4.68 Å². The van der Waals surface area contributed by atoms with Crippen molar-refractivity contribution < 1.29 is 0 Å². The molecular weight excluding hydrogens is 236 g/mol. The Hall–Kier alpha value is -2.20. The van der Waals surface area contributed by atoms with Crippen LogP contribution in [0.15, 0.2) is 36.4 Å². The smallest absolute Gasteiger partial charge is 0.0761 e. The number of hydrogen-bond acceptors (Lipinski definition) is 3. The van der Waals surface area contributed by atoms with Gasteiger partial charge >= 0.3 is 0 Å². The van der Waals surface area contributed by atoms with Crippen molar-refractivity contribution in [3.05, 3.63) is 53.5 Å². The minimum Gasteiger partial charge on any atom is -0.325 e. The van der Waals surface area contributed by atoms with E-state index in [9.17, 15) is 0 Å². The summed E-state index contributed by atoms with van der Waals surface area (Å²) in [5.74, 6) is 0. The summed E-state index contributed by atoms with van der Waals surface area (Å²) in [6.07, 6.45) is 0. The van der Waals surface area contributed by atoms with E-state index in [0.29, 0.717) is 6.54 Å². The highest BCUT2D eigenvalue weighted by Gasteiger charge is 2.10. The monoisotopic (exact) mass is 252 g/mol. The summed E-state index contributed by atoms with van der Waals surface area (Å²) in [5, 5.41) is 5.64. The van der Waals surface area contributed by atoms with Gasteiger partial charge in [0.25, 0.3) is 0 Å². The number of benzene rings is 1. The third kappa shape index (κ3) is 2.00. The fourth-order valence-corrected chi connectivity index (χ4v) is 2.36. The Morgan fingerprint density at radius 2 is 1.95 bits per heavy atom. The average molecular weight is 252 g/mol. The third-order valence-electron chi connectivity index (χ3n) is 3.19. The molecule has 2 aromatic heterocycles. The number of hydrogen-bond donors (Lipinski definition) is 1. The molecule has 19 heavy (non-hydrogen) atoms. The van der Waals surface area contributed by atoms with Crippen LogP contribution in [-0.2, 0) is 6.54 Å². The van der Waals surface area contributed by atoms with E-state index in [0.717, 1.165) is 33.7 Å². The summed E-state index contributed by atoms with van der Waals surface area (Å²) in [5.41, 5.74) is 10.7. The second-order valence-corrected chi connectivity index (χ2v) is 4.69. The van der Waals surface area contributed by atoms with E-state index in [1.807, 2.05) is 35.9 Å². The van der Waals surface area contributed by atoms with E-state index in [1.165, 1.54) is 0 Å². The molecule has 0 saturated heterocycles. The van der Waals surface area contributed by atoms with Crippen molar-refractivity contribution in [2.24, 2.45) is 5.73 Å². The molecule has 0 spiro atoms. The molecule has 0 aliphatic rings. The number of fused-ring (bicyclic) bond motifs is 1. The summed E-state index contributed by atoms with van der Waals surface area (Å²) in [4.78, 5) is 4.55. The van der Waals surface area contributed by atoms with Gasteiger partial charge < -0.3 is 5.73 Å². The Bertz CT molecular complexity index is 743. The number of rotatable bonds is 2. The van der Waals surface area contributed by atoms with Gasteiger partial charge in [-0.1, -0.05) is 18.2 Å². The van der Waals surface area contributed by atoms with Crippen molar-refractivity contribution in [1.29, 1.82) is 0 Å². The predicted molar refractivity (Wildman–Crippen MR) is 76.2 cm³/mol. The summed E-state index contributed by atoms with van der Waals surface area (Å²) >= 11 is 0. The first-order valence-corrected chi connectivity index (χ1v) is 6.31. The van der Waals surface area contributed by atoms with E-state index in [1.54, 1.807) is 0 Å². The first kappa shape index (κ1) is 11.9. The van der Waals surface area contributed by atoms with Crippen LogP contribution >= 0.6 is 0 Å². The van der Waals surface area contributed by atoms with E-state index in [2.05, 4.69) is 29.1 Å². The fraction of sp³-hybridized carbons (Fsp3) is 0.200. The van der Waals surface area contributed by atoms with Crippen molar-refractivity contribution in [1.82, 2.24) is 14.8 Å². The molecular formula is C15H16N4. The van der Waals surface area contributed by atoms with Crippen molar-refractivity contribution in [2.45, 2.75) is 20.4 Å². The second-order valence-electron chi connectivity index (χ2n) is 4.69. The Labute approximate surface area is 111 Å². The Balaban J connectivity index is 2.35. The Morgan fingerprint density at radius 1 is 1.16 bits per heavy atom. The third-order valence-corrected chi connectivity index (χ3v) is 3.19. The van der Waals surface area contributed by atoms with Gasteiger partial charge in [0.2, 0.25) is 0 Å². The first-order chi connectivity index (χ1) is 9.19. The molecule has 0 saturated carbocycles. The van der Waals surface area contributed by atoms with Gasteiger partial charge in [0.15, 0.2) is 0 Å². The van der Waals surface area contributed by atoms with Crippen molar-refractivity contribution in [3.8, 4) is 5.69 Å². The predicted octanol–water partition coefficient (Wildman–Crippen LogP) is 2.50. The molecule has 4 nitrogen and oxygen atoms in total. The molecule has 0 amide bonds. The molecule has 0 fully saturated rings. The lowest BCUT2D eigenvalue weighted by molar-refractivity contribution is 0.834. The van der Waals surface area contributed by atoms with Gasteiger partial charge in [-0.2, -0.15) is 5.10 Å². The first-order valence-electron chi connectivity index (χ1n) is 6.31. The molecule has 0 aliphatic carbocycles. The molecule has 0 unspecified atom stereocenters. The minimum atomic E-state index is 0.428. The molecule has 0 radical (unpaired) electrons. The molecule has 4 heteroatoms. The fourth-order valence-electron chi connectivity index (χ4n) is 2.36. The molecule has 3 aromatic rings. The quantitative estimate of drug-likeness (QED) is 0.762. The highest BCUT2D eigenvalue weighted by molar-refractivity contribution is 5.87. The van der Waals surface area contributed by atoms with Crippen LogP contribution < -0.4 is 5.73 Å². The van der Waals surface area contributed by atoms with Crippen LogP contribution in [0, 0.1) is 13.8 Å². The number of nitrogens with two attached hydrogens (primary N) is 1. The molecule has 0 bridgehead atoms. The zero-order valence-corrected chi connectivity index (χ0v) is 11.1. The normalized spacial score (nSPS) is 11.1. The molecule has 0 atom stereocenters. The van der Waals surface area contributed by atoms with Gasteiger partial charge in [-0.3, -0.25) is 4.98 Å². The molecule has 2 heterocycles. The van der Waals surface area contributed by atoms with E-state index >= 15 is 0 Å². The zero-order valence-electron chi connectivity index (χ0n) is 11.1. The van der Waals surface area contributed by atoms with Crippen LogP contribution in [0.4, 0.5) is 0 Å². The maximum atomic E-state index is 5.74. The van der Waals surface area contributed by atoms with Crippen LogP contribution in [0.3, 0.4) is 0 Å².